The van der Waals surface area contributed by atoms with Gasteiger partial charge in [0.05, 0.1) is 0 Å². The zero-order valence-electron chi connectivity index (χ0n) is 14.8. The summed E-state index contributed by atoms with van der Waals surface area (Å²) < 4.78 is 0. The number of nitrogens with one attached hydrogen (secondary N) is 2. The Morgan fingerprint density at radius 2 is 1.24 bits per heavy atom. The zero-order valence-corrected chi connectivity index (χ0v) is 14.8. The SMILES string of the molecule is C=CCc1cc(Nc2cccc(C)c2)cc(Nc2cccc(C)c2)c1. The van der Waals surface area contributed by atoms with Crippen molar-refractivity contribution in [2.75, 3.05) is 10.6 Å². The van der Waals surface area contributed by atoms with Gasteiger partial charge in [-0.2, -0.15) is 0 Å². The molecule has 0 radical (unpaired) electrons. The van der Waals surface area contributed by atoms with E-state index in [2.05, 4.69) is 97.8 Å². The van der Waals surface area contributed by atoms with Crippen molar-refractivity contribution in [1.82, 2.24) is 0 Å². The molecule has 2 heteroatoms. The summed E-state index contributed by atoms with van der Waals surface area (Å²) >= 11 is 0. The van der Waals surface area contributed by atoms with Gasteiger partial charge in [-0.25, -0.2) is 0 Å². The van der Waals surface area contributed by atoms with Crippen molar-refractivity contribution >= 4 is 22.7 Å². The second kappa shape index (κ2) is 7.71. The van der Waals surface area contributed by atoms with Crippen LogP contribution < -0.4 is 10.6 Å². The van der Waals surface area contributed by atoms with E-state index in [1.54, 1.807) is 0 Å². The fourth-order valence-corrected chi connectivity index (χ4v) is 2.90. The maximum absolute atomic E-state index is 3.87. The molecule has 0 aliphatic heterocycles. The highest BCUT2D eigenvalue weighted by atomic mass is 14.9. The highest BCUT2D eigenvalue weighted by Gasteiger charge is 2.03. The summed E-state index contributed by atoms with van der Waals surface area (Å²) in [6.45, 7) is 8.07. The molecule has 0 fully saturated rings. The van der Waals surface area contributed by atoms with Gasteiger partial charge in [0.15, 0.2) is 0 Å². The minimum Gasteiger partial charge on any atom is -0.355 e. The lowest BCUT2D eigenvalue weighted by atomic mass is 10.1. The van der Waals surface area contributed by atoms with Crippen LogP contribution in [0.1, 0.15) is 16.7 Å². The Morgan fingerprint density at radius 3 is 1.68 bits per heavy atom. The summed E-state index contributed by atoms with van der Waals surface area (Å²) in [6, 6.07) is 23.3. The lowest BCUT2D eigenvalue weighted by Crippen LogP contribution is -1.97. The van der Waals surface area contributed by atoms with E-state index in [1.807, 2.05) is 6.08 Å². The predicted octanol–water partition coefficient (Wildman–Crippen LogP) is 6.52. The van der Waals surface area contributed by atoms with Gasteiger partial charge in [-0.05, 0) is 79.4 Å². The molecule has 25 heavy (non-hydrogen) atoms. The molecule has 0 saturated carbocycles. The molecule has 0 saturated heterocycles. The Bertz CT molecular complexity index is 815. The smallest absolute Gasteiger partial charge is 0.0407 e. The first-order valence-electron chi connectivity index (χ1n) is 8.54. The van der Waals surface area contributed by atoms with Gasteiger partial charge in [-0.3, -0.25) is 0 Å². The van der Waals surface area contributed by atoms with E-state index in [4.69, 9.17) is 0 Å². The van der Waals surface area contributed by atoms with Gasteiger partial charge in [0.25, 0.3) is 0 Å². The van der Waals surface area contributed by atoms with Crippen LogP contribution in [0.25, 0.3) is 0 Å². The summed E-state index contributed by atoms with van der Waals surface area (Å²) in [7, 11) is 0. The van der Waals surface area contributed by atoms with Gasteiger partial charge in [0.2, 0.25) is 0 Å². The molecule has 0 aromatic heterocycles. The predicted molar refractivity (Wildman–Crippen MR) is 109 cm³/mol. The quantitative estimate of drug-likeness (QED) is 0.503. The Kier molecular flexibility index (Phi) is 5.20. The van der Waals surface area contributed by atoms with E-state index >= 15 is 0 Å². The summed E-state index contributed by atoms with van der Waals surface area (Å²) in [5.74, 6) is 0. The molecule has 0 amide bonds. The van der Waals surface area contributed by atoms with E-state index in [0.717, 1.165) is 29.2 Å². The Labute approximate surface area is 150 Å². The van der Waals surface area contributed by atoms with Crippen LogP contribution in [0.15, 0.2) is 79.4 Å². The standard InChI is InChI=1S/C23H24N2/c1-4-7-19-14-22(24-20-10-5-8-17(2)12-20)16-23(15-19)25-21-11-6-9-18(3)13-21/h4-6,8-16,24-25H,1,7H2,2-3H3. The number of anilines is 4. The normalized spacial score (nSPS) is 10.3. The topological polar surface area (TPSA) is 24.1 Å². The van der Waals surface area contributed by atoms with Crippen LogP contribution in [0.5, 0.6) is 0 Å². The minimum atomic E-state index is 0.839. The molecule has 0 spiro atoms. The summed E-state index contributed by atoms with van der Waals surface area (Å²) in [5, 5.41) is 7.01. The third-order valence-electron chi connectivity index (χ3n) is 3.99. The molecule has 0 aliphatic carbocycles. The summed E-state index contributed by atoms with van der Waals surface area (Å²) in [4.78, 5) is 0. The van der Waals surface area contributed by atoms with Crippen LogP contribution in [0.3, 0.4) is 0 Å². The fourth-order valence-electron chi connectivity index (χ4n) is 2.90. The number of benzene rings is 3. The molecule has 0 heterocycles. The lowest BCUT2D eigenvalue weighted by Gasteiger charge is -2.13. The van der Waals surface area contributed by atoms with Gasteiger partial charge >= 0.3 is 0 Å². The largest absolute Gasteiger partial charge is 0.355 e. The number of aryl methyl sites for hydroxylation is 2. The molecule has 3 aromatic rings. The van der Waals surface area contributed by atoms with Crippen molar-refractivity contribution in [2.24, 2.45) is 0 Å². The highest BCUT2D eigenvalue weighted by molar-refractivity contribution is 5.70. The molecule has 0 atom stereocenters. The van der Waals surface area contributed by atoms with E-state index in [9.17, 15) is 0 Å². The van der Waals surface area contributed by atoms with Crippen LogP contribution in [0, 0.1) is 13.8 Å². The third-order valence-corrected chi connectivity index (χ3v) is 3.99. The molecule has 2 nitrogen and oxygen atoms in total. The second-order valence-electron chi connectivity index (χ2n) is 6.40. The van der Waals surface area contributed by atoms with Gasteiger partial charge in [-0.1, -0.05) is 30.3 Å². The van der Waals surface area contributed by atoms with Crippen LogP contribution in [0.4, 0.5) is 22.7 Å². The number of hydrogen-bond acceptors (Lipinski definition) is 2. The molecule has 2 N–H and O–H groups in total. The monoisotopic (exact) mass is 328 g/mol. The molecular formula is C23H24N2. The molecule has 0 unspecified atom stereocenters. The van der Waals surface area contributed by atoms with Crippen LogP contribution in [0.2, 0.25) is 0 Å². The van der Waals surface area contributed by atoms with Crippen molar-refractivity contribution in [3.05, 3.63) is 96.1 Å². The first kappa shape index (κ1) is 16.8. The Morgan fingerprint density at radius 1 is 0.720 bits per heavy atom. The highest BCUT2D eigenvalue weighted by Crippen LogP contribution is 2.26. The average Bonchev–Trinajstić information content (AvgIpc) is 2.55. The van der Waals surface area contributed by atoms with Crippen LogP contribution in [-0.4, -0.2) is 0 Å². The molecule has 0 bridgehead atoms. The Balaban J connectivity index is 1.89. The Hall–Kier alpha value is -3.00. The van der Waals surface area contributed by atoms with E-state index < -0.39 is 0 Å². The van der Waals surface area contributed by atoms with Crippen molar-refractivity contribution in [3.8, 4) is 0 Å². The first-order valence-corrected chi connectivity index (χ1v) is 8.54. The van der Waals surface area contributed by atoms with Crippen molar-refractivity contribution in [1.29, 1.82) is 0 Å². The maximum Gasteiger partial charge on any atom is 0.0407 e. The number of hydrogen-bond donors (Lipinski definition) is 2. The van der Waals surface area contributed by atoms with Gasteiger partial charge in [-0.15, -0.1) is 6.58 Å². The van der Waals surface area contributed by atoms with E-state index in [1.165, 1.54) is 16.7 Å². The molecular weight excluding hydrogens is 304 g/mol. The third kappa shape index (κ3) is 4.74. The van der Waals surface area contributed by atoms with E-state index in [-0.39, 0.29) is 0 Å². The van der Waals surface area contributed by atoms with Gasteiger partial charge in [0, 0.05) is 22.7 Å². The molecule has 3 aromatic carbocycles. The van der Waals surface area contributed by atoms with Crippen molar-refractivity contribution in [3.63, 3.8) is 0 Å². The zero-order chi connectivity index (χ0) is 17.6. The van der Waals surface area contributed by atoms with Crippen LogP contribution in [-0.2, 0) is 6.42 Å². The van der Waals surface area contributed by atoms with Crippen molar-refractivity contribution in [2.45, 2.75) is 20.3 Å². The molecule has 3 rings (SSSR count). The summed E-state index contributed by atoms with van der Waals surface area (Å²) in [5.41, 5.74) is 8.04. The second-order valence-corrected chi connectivity index (χ2v) is 6.40. The van der Waals surface area contributed by atoms with Gasteiger partial charge in [0.1, 0.15) is 0 Å². The fraction of sp³-hybridized carbons (Fsp3) is 0.130. The lowest BCUT2D eigenvalue weighted by molar-refractivity contribution is 1.27. The number of allylic oxidation sites excluding steroid dienone is 1. The van der Waals surface area contributed by atoms with Crippen molar-refractivity contribution < 1.29 is 0 Å². The molecule has 0 aliphatic rings. The minimum absolute atomic E-state index is 0.839. The number of rotatable bonds is 6. The summed E-state index contributed by atoms with van der Waals surface area (Å²) in [6.07, 6.45) is 2.77. The van der Waals surface area contributed by atoms with Gasteiger partial charge < -0.3 is 10.6 Å². The average molecular weight is 328 g/mol. The van der Waals surface area contributed by atoms with Crippen LogP contribution >= 0.6 is 0 Å². The first-order chi connectivity index (χ1) is 12.1. The maximum atomic E-state index is 3.87. The van der Waals surface area contributed by atoms with E-state index in [0.29, 0.717) is 0 Å². The molecule has 126 valence electrons.